The number of hydrogen-bond acceptors (Lipinski definition) is 8. The molecular formula is C11H14FN5O4. The van der Waals surface area contributed by atoms with Gasteiger partial charge in [-0.3, -0.25) is 4.57 Å². The number of ether oxygens (including phenoxy) is 1. The van der Waals surface area contributed by atoms with Crippen molar-refractivity contribution in [2.24, 2.45) is 5.73 Å². The molecule has 1 saturated heterocycles. The van der Waals surface area contributed by atoms with Crippen molar-refractivity contribution in [1.29, 1.82) is 0 Å². The van der Waals surface area contributed by atoms with Gasteiger partial charge < -0.3 is 26.4 Å². The molecule has 1 aliphatic rings. The fourth-order valence-corrected chi connectivity index (χ4v) is 1.96. The smallest absolute Gasteiger partial charge is 0.354 e. The zero-order valence-electron chi connectivity index (χ0n) is 12.6. The minimum Gasteiger partial charge on any atom is -0.394 e. The average molecular weight is 301 g/mol. The molecule has 0 spiro atoms. The van der Waals surface area contributed by atoms with Crippen LogP contribution in [-0.4, -0.2) is 55.7 Å². The summed E-state index contributed by atoms with van der Waals surface area (Å²) in [6.45, 7) is -4.09. The number of alkyl halides is 1. The van der Waals surface area contributed by atoms with Gasteiger partial charge in [0, 0.05) is 0 Å². The third-order valence-corrected chi connectivity index (χ3v) is 2.96. The average Bonchev–Trinajstić information content (AvgIpc) is 2.70. The minimum atomic E-state index is -2.99. The molecule has 1 unspecified atom stereocenters. The third kappa shape index (κ3) is 2.59. The van der Waals surface area contributed by atoms with E-state index in [2.05, 4.69) is 15.9 Å². The Morgan fingerprint density at radius 2 is 2.43 bits per heavy atom. The maximum absolute atomic E-state index is 12.4. The van der Waals surface area contributed by atoms with Gasteiger partial charge in [-0.1, -0.05) is 11.8 Å². The number of nitrogen functional groups attached to an aromatic ring is 1. The summed E-state index contributed by atoms with van der Waals surface area (Å²) < 4.78 is 32.8. The molecule has 1 aromatic rings. The van der Waals surface area contributed by atoms with Gasteiger partial charge in [-0.05, 0) is 0 Å². The second-order valence-electron chi connectivity index (χ2n) is 4.26. The van der Waals surface area contributed by atoms with Crippen LogP contribution in [0.5, 0.6) is 0 Å². The second-order valence-corrected chi connectivity index (χ2v) is 4.26. The van der Waals surface area contributed by atoms with E-state index in [4.69, 9.17) is 18.9 Å². The van der Waals surface area contributed by atoms with Crippen molar-refractivity contribution in [3.05, 3.63) is 16.8 Å². The van der Waals surface area contributed by atoms with Crippen molar-refractivity contribution < 1.29 is 22.1 Å². The quantitative estimate of drug-likeness (QED) is 0.426. The van der Waals surface area contributed by atoms with E-state index >= 15 is 0 Å². The molecule has 0 amide bonds. The van der Waals surface area contributed by atoms with Gasteiger partial charge in [-0.15, -0.1) is 0 Å². The number of aliphatic hydroxyl groups is 2. The van der Waals surface area contributed by atoms with Crippen molar-refractivity contribution in [2.75, 3.05) is 19.0 Å². The number of anilines is 1. The fraction of sp³-hybridized carbons (Fsp3) is 0.545. The summed E-state index contributed by atoms with van der Waals surface area (Å²) in [6, 6.07) is 0. The molecule has 0 bridgehead atoms. The molecule has 6 N–H and O–H groups in total. The first kappa shape index (κ1) is 12.7. The van der Waals surface area contributed by atoms with Crippen LogP contribution in [0.3, 0.4) is 0 Å². The highest BCUT2D eigenvalue weighted by atomic mass is 19.1. The third-order valence-electron chi connectivity index (χ3n) is 2.96. The lowest BCUT2D eigenvalue weighted by Crippen LogP contribution is -2.55. The van der Waals surface area contributed by atoms with Crippen LogP contribution in [0.15, 0.2) is 11.1 Å². The molecule has 0 saturated carbocycles. The van der Waals surface area contributed by atoms with Crippen LogP contribution in [-0.2, 0) is 4.74 Å². The van der Waals surface area contributed by atoms with Gasteiger partial charge in [0.05, 0.1) is 9.30 Å². The van der Waals surface area contributed by atoms with Crippen molar-refractivity contribution in [3.8, 4) is 11.8 Å². The summed E-state index contributed by atoms with van der Waals surface area (Å²) >= 11 is 0. The summed E-state index contributed by atoms with van der Waals surface area (Å²) in [4.78, 5) is 18.8. The van der Waals surface area contributed by atoms with Crippen molar-refractivity contribution in [3.63, 3.8) is 0 Å². The lowest BCUT2D eigenvalue weighted by Gasteiger charge is -2.27. The standard InChI is InChI=1S/C11H14FN5O4/c12-3-1-2-11(14)7(19)6(4-18)21-8(11)17-5-15-9(13)16-10(17)20/h5-8,18-19H,3-4,14H2,(H2,13,16,20)/t6-,7+,8-,11?/m1/s1/i4D2. The van der Waals surface area contributed by atoms with E-state index in [1.165, 1.54) is 0 Å². The molecule has 0 radical (unpaired) electrons. The second kappa shape index (κ2) is 5.74. The van der Waals surface area contributed by atoms with Crippen LogP contribution in [0.25, 0.3) is 0 Å². The van der Waals surface area contributed by atoms with E-state index < -0.39 is 42.9 Å². The first-order valence-electron chi connectivity index (χ1n) is 6.72. The van der Waals surface area contributed by atoms with Crippen molar-refractivity contribution in [2.45, 2.75) is 24.0 Å². The van der Waals surface area contributed by atoms with Crippen molar-refractivity contribution >= 4 is 5.95 Å². The molecule has 1 aliphatic heterocycles. The van der Waals surface area contributed by atoms with E-state index in [0.717, 1.165) is 10.9 Å². The number of aromatic nitrogens is 3. The van der Waals surface area contributed by atoms with Gasteiger partial charge in [-0.2, -0.15) is 4.98 Å². The molecule has 2 rings (SSSR count). The molecular weight excluding hydrogens is 285 g/mol. The SMILES string of the molecule is [2H]C([2H])(O)[C@H]1O[C@@H](n2cnc(N)nc2=O)C(N)(C#CCF)[C@H]1O. The molecule has 21 heavy (non-hydrogen) atoms. The number of nitrogens with zero attached hydrogens (tertiary/aromatic N) is 3. The van der Waals surface area contributed by atoms with E-state index in [1.54, 1.807) is 0 Å². The Balaban J connectivity index is 2.56. The fourth-order valence-electron chi connectivity index (χ4n) is 1.96. The predicted octanol–water partition coefficient (Wildman–Crippen LogP) is -2.86. The summed E-state index contributed by atoms with van der Waals surface area (Å²) in [5.74, 6) is 3.88. The Bertz CT molecular complexity index is 715. The number of hydrogen-bond donors (Lipinski definition) is 4. The molecule has 114 valence electrons. The number of aliphatic hydroxyl groups excluding tert-OH is 1. The number of nitrogens with two attached hydrogens (primary N) is 2. The first-order valence-corrected chi connectivity index (χ1v) is 5.72. The van der Waals surface area contributed by atoms with Gasteiger partial charge in [-0.25, -0.2) is 14.2 Å². The molecule has 9 nitrogen and oxygen atoms in total. The zero-order chi connectivity index (χ0) is 17.4. The lowest BCUT2D eigenvalue weighted by atomic mass is 9.91. The Hall–Kier alpha value is -2.06. The summed E-state index contributed by atoms with van der Waals surface area (Å²) in [5.41, 5.74) is 8.14. The van der Waals surface area contributed by atoms with Gasteiger partial charge in [0.15, 0.2) is 11.8 Å². The van der Waals surface area contributed by atoms with Crippen LogP contribution in [0.4, 0.5) is 10.3 Å². The Morgan fingerprint density at radius 3 is 3.00 bits per heavy atom. The van der Waals surface area contributed by atoms with E-state index in [9.17, 15) is 19.4 Å². The minimum absolute atomic E-state index is 0.323. The van der Waals surface area contributed by atoms with Gasteiger partial charge >= 0.3 is 5.69 Å². The maximum atomic E-state index is 12.4. The molecule has 1 aromatic heterocycles. The van der Waals surface area contributed by atoms with Crippen LogP contribution in [0.2, 0.25) is 0 Å². The zero-order valence-corrected chi connectivity index (χ0v) is 10.6. The van der Waals surface area contributed by atoms with Crippen molar-refractivity contribution in [1.82, 2.24) is 14.5 Å². The Labute approximate surface area is 121 Å². The maximum Gasteiger partial charge on any atom is 0.354 e. The topological polar surface area (TPSA) is 150 Å². The van der Waals surface area contributed by atoms with Gasteiger partial charge in [0.1, 0.15) is 25.2 Å². The number of halogens is 1. The molecule has 2 heterocycles. The first-order chi connectivity index (χ1) is 10.6. The molecule has 4 atom stereocenters. The molecule has 1 fully saturated rings. The van der Waals surface area contributed by atoms with E-state index in [1.807, 2.05) is 5.92 Å². The van der Waals surface area contributed by atoms with Crippen LogP contribution in [0, 0.1) is 11.8 Å². The Kier molecular flexibility index (Phi) is 3.46. The van der Waals surface area contributed by atoms with Crippen LogP contribution in [0.1, 0.15) is 8.97 Å². The predicted molar refractivity (Wildman–Crippen MR) is 68.4 cm³/mol. The monoisotopic (exact) mass is 301 g/mol. The summed E-state index contributed by atoms with van der Waals surface area (Å²) in [6.07, 6.45) is -4.36. The van der Waals surface area contributed by atoms with Gasteiger partial charge in [0.2, 0.25) is 5.95 Å². The normalized spacial score (nSPS) is 33.8. The highest BCUT2D eigenvalue weighted by molar-refractivity contribution is 5.26. The largest absolute Gasteiger partial charge is 0.394 e. The summed E-state index contributed by atoms with van der Waals surface area (Å²) in [7, 11) is 0. The Morgan fingerprint density at radius 1 is 1.71 bits per heavy atom. The van der Waals surface area contributed by atoms with E-state index in [-0.39, 0.29) is 5.95 Å². The lowest BCUT2D eigenvalue weighted by molar-refractivity contribution is -0.0480. The van der Waals surface area contributed by atoms with Gasteiger partial charge in [0.25, 0.3) is 0 Å². The van der Waals surface area contributed by atoms with Crippen LogP contribution < -0.4 is 17.2 Å². The van der Waals surface area contributed by atoms with E-state index in [0.29, 0.717) is 0 Å². The molecule has 0 aliphatic carbocycles. The van der Waals surface area contributed by atoms with Crippen LogP contribution >= 0.6 is 0 Å². The molecule has 0 aromatic carbocycles. The highest BCUT2D eigenvalue weighted by Crippen LogP contribution is 2.35. The number of rotatable bonds is 2. The summed E-state index contributed by atoms with van der Waals surface area (Å²) in [5, 5.41) is 19.6. The highest BCUT2D eigenvalue weighted by Gasteiger charge is 2.54. The molecule has 10 heteroatoms.